The highest BCUT2D eigenvalue weighted by molar-refractivity contribution is 6.22. The predicted octanol–water partition coefficient (Wildman–Crippen LogP) is 3.09. The quantitative estimate of drug-likeness (QED) is 0.690. The number of hydrogen-bond donors (Lipinski definition) is 0. The number of piperidine rings is 1. The van der Waals surface area contributed by atoms with Crippen LogP contribution in [0.25, 0.3) is 0 Å². The van der Waals surface area contributed by atoms with E-state index in [4.69, 9.17) is 0 Å². The summed E-state index contributed by atoms with van der Waals surface area (Å²) in [6.45, 7) is 7.39. The van der Waals surface area contributed by atoms with Gasteiger partial charge < -0.3 is 4.90 Å². The van der Waals surface area contributed by atoms with Crippen molar-refractivity contribution in [2.24, 2.45) is 11.3 Å². The summed E-state index contributed by atoms with van der Waals surface area (Å²) in [5.41, 5.74) is 1.64. The molecular formula is C17H25NO2. The number of Topliss-reactive ketones (excluding diaryl/α,β-unsaturated/α-hetero) is 2. The van der Waals surface area contributed by atoms with Crippen LogP contribution in [0.3, 0.4) is 0 Å². The molecule has 0 aromatic heterocycles. The van der Waals surface area contributed by atoms with Gasteiger partial charge in [0.2, 0.25) is 0 Å². The van der Waals surface area contributed by atoms with Crippen molar-refractivity contribution in [1.82, 2.24) is 4.90 Å². The van der Waals surface area contributed by atoms with Gasteiger partial charge in [-0.15, -0.1) is 0 Å². The van der Waals surface area contributed by atoms with Gasteiger partial charge in [0.05, 0.1) is 5.57 Å². The molecule has 3 heteroatoms. The molecule has 1 saturated heterocycles. The minimum Gasteiger partial charge on any atom is -0.370 e. The van der Waals surface area contributed by atoms with Crippen LogP contribution in [0.5, 0.6) is 0 Å². The van der Waals surface area contributed by atoms with E-state index in [-0.39, 0.29) is 22.9 Å². The first-order chi connectivity index (χ1) is 9.44. The number of carbonyl (C=O) groups is 2. The number of nitrogens with zero attached hydrogens (tertiary/aromatic N) is 1. The van der Waals surface area contributed by atoms with Crippen LogP contribution in [0.15, 0.2) is 11.3 Å². The molecule has 3 nitrogen and oxygen atoms in total. The van der Waals surface area contributed by atoms with Crippen LogP contribution >= 0.6 is 0 Å². The first-order valence-electron chi connectivity index (χ1n) is 8.02. The molecule has 0 radical (unpaired) electrons. The van der Waals surface area contributed by atoms with Gasteiger partial charge in [-0.3, -0.25) is 9.59 Å². The zero-order valence-corrected chi connectivity index (χ0v) is 12.9. The molecule has 2 aliphatic heterocycles. The Morgan fingerprint density at radius 2 is 1.95 bits per heavy atom. The molecular weight excluding hydrogens is 250 g/mol. The number of hydrogen-bond acceptors (Lipinski definition) is 3. The largest absolute Gasteiger partial charge is 0.370 e. The molecule has 2 heterocycles. The molecule has 0 bridgehead atoms. The average Bonchev–Trinajstić information content (AvgIpc) is 2.37. The Labute approximate surface area is 121 Å². The maximum Gasteiger partial charge on any atom is 0.173 e. The lowest BCUT2D eigenvalue weighted by molar-refractivity contribution is -0.129. The molecule has 0 aromatic carbocycles. The van der Waals surface area contributed by atoms with Gasteiger partial charge in [0.15, 0.2) is 11.6 Å². The van der Waals surface area contributed by atoms with Crippen molar-refractivity contribution in [3.05, 3.63) is 11.3 Å². The fourth-order valence-electron chi connectivity index (χ4n) is 4.34. The fraction of sp³-hybridized carbons (Fsp3) is 0.765. The second-order valence-corrected chi connectivity index (χ2v) is 7.40. The third-order valence-corrected chi connectivity index (χ3v) is 5.24. The minimum absolute atomic E-state index is 0.00273. The third-order valence-electron chi connectivity index (χ3n) is 5.24. The van der Waals surface area contributed by atoms with E-state index in [0.717, 1.165) is 31.5 Å². The number of rotatable bonds is 1. The van der Waals surface area contributed by atoms with Crippen molar-refractivity contribution in [3.8, 4) is 0 Å². The average molecular weight is 275 g/mol. The van der Waals surface area contributed by atoms with Gasteiger partial charge in [-0.25, -0.2) is 0 Å². The topological polar surface area (TPSA) is 37.4 Å². The van der Waals surface area contributed by atoms with Crippen molar-refractivity contribution < 1.29 is 9.59 Å². The van der Waals surface area contributed by atoms with Crippen LogP contribution in [0.1, 0.15) is 59.3 Å². The summed E-state index contributed by atoms with van der Waals surface area (Å²) in [5.74, 6) is 0.272. The number of carbonyl (C=O) groups excluding carboxylic acids is 2. The maximum atomic E-state index is 12.8. The summed E-state index contributed by atoms with van der Waals surface area (Å²) in [6, 6.07) is 0.349. The molecule has 3 aliphatic rings. The van der Waals surface area contributed by atoms with Crippen molar-refractivity contribution >= 4 is 11.6 Å². The Morgan fingerprint density at radius 1 is 1.20 bits per heavy atom. The van der Waals surface area contributed by atoms with Gasteiger partial charge in [-0.2, -0.15) is 0 Å². The van der Waals surface area contributed by atoms with Gasteiger partial charge in [-0.05, 0) is 37.5 Å². The van der Waals surface area contributed by atoms with Crippen molar-refractivity contribution in [1.29, 1.82) is 0 Å². The summed E-state index contributed by atoms with van der Waals surface area (Å²) in [7, 11) is 0. The van der Waals surface area contributed by atoms with Crippen LogP contribution in [0.4, 0.5) is 0 Å². The van der Waals surface area contributed by atoms with Crippen LogP contribution in [-0.2, 0) is 9.59 Å². The molecule has 20 heavy (non-hydrogen) atoms. The standard InChI is InChI=1S/C17H25NO2/c1-4-11-12-7-5-6-8-18(12)13-9-17(2,3)10-14(19)15(13)16(11)20/h11-12H,4-10H2,1-3H3/t11-,12-/m0/s1. The number of ketones is 2. The molecule has 3 rings (SSSR count). The Hall–Kier alpha value is -1.12. The zero-order valence-electron chi connectivity index (χ0n) is 12.9. The highest BCUT2D eigenvalue weighted by atomic mass is 16.2. The Morgan fingerprint density at radius 3 is 2.65 bits per heavy atom. The minimum atomic E-state index is -0.00273. The van der Waals surface area contributed by atoms with Crippen LogP contribution in [0.2, 0.25) is 0 Å². The zero-order chi connectivity index (χ0) is 14.5. The summed E-state index contributed by atoms with van der Waals surface area (Å²) in [5, 5.41) is 0. The molecule has 2 atom stereocenters. The monoisotopic (exact) mass is 275 g/mol. The Kier molecular flexibility index (Phi) is 3.26. The summed E-state index contributed by atoms with van der Waals surface area (Å²) < 4.78 is 0. The number of fused-ring (bicyclic) bond motifs is 2. The van der Waals surface area contributed by atoms with Gasteiger partial charge in [0.25, 0.3) is 0 Å². The third kappa shape index (κ3) is 2.02. The molecule has 0 aromatic rings. The first kappa shape index (κ1) is 13.8. The van der Waals surface area contributed by atoms with Crippen LogP contribution in [0, 0.1) is 11.3 Å². The molecule has 0 unspecified atom stereocenters. The van der Waals surface area contributed by atoms with Gasteiger partial charge in [0.1, 0.15) is 0 Å². The van der Waals surface area contributed by atoms with E-state index in [1.54, 1.807) is 0 Å². The molecule has 1 fully saturated rings. The van der Waals surface area contributed by atoms with E-state index in [9.17, 15) is 9.59 Å². The lowest BCUT2D eigenvalue weighted by atomic mass is 9.68. The molecule has 0 N–H and O–H groups in total. The van der Waals surface area contributed by atoms with E-state index in [1.807, 2.05) is 0 Å². The highest BCUT2D eigenvalue weighted by Gasteiger charge is 2.47. The smallest absolute Gasteiger partial charge is 0.173 e. The van der Waals surface area contributed by atoms with Crippen LogP contribution < -0.4 is 0 Å². The van der Waals surface area contributed by atoms with E-state index in [2.05, 4.69) is 25.7 Å². The first-order valence-corrected chi connectivity index (χ1v) is 8.02. The normalized spacial score (nSPS) is 33.0. The predicted molar refractivity (Wildman–Crippen MR) is 78.2 cm³/mol. The van der Waals surface area contributed by atoms with Crippen LogP contribution in [-0.4, -0.2) is 29.1 Å². The summed E-state index contributed by atoms with van der Waals surface area (Å²) >= 11 is 0. The van der Waals surface area contributed by atoms with Crippen molar-refractivity contribution in [3.63, 3.8) is 0 Å². The van der Waals surface area contributed by atoms with Crippen molar-refractivity contribution in [2.45, 2.75) is 65.3 Å². The summed E-state index contributed by atoms with van der Waals surface area (Å²) in [6.07, 6.45) is 5.76. The van der Waals surface area contributed by atoms with E-state index >= 15 is 0 Å². The number of allylic oxidation sites excluding steroid dienone is 2. The molecule has 110 valence electrons. The Bertz CT molecular complexity index is 489. The lowest BCUT2D eigenvalue weighted by Crippen LogP contribution is -2.53. The molecule has 1 aliphatic carbocycles. The maximum absolute atomic E-state index is 12.8. The van der Waals surface area contributed by atoms with Gasteiger partial charge in [-0.1, -0.05) is 20.8 Å². The summed E-state index contributed by atoms with van der Waals surface area (Å²) in [4.78, 5) is 27.7. The molecule has 0 spiro atoms. The van der Waals surface area contributed by atoms with Gasteiger partial charge >= 0.3 is 0 Å². The van der Waals surface area contributed by atoms with Gasteiger partial charge in [0, 0.05) is 30.6 Å². The van der Waals surface area contributed by atoms with E-state index in [1.165, 1.54) is 12.8 Å². The second kappa shape index (κ2) is 4.71. The Balaban J connectivity index is 2.08. The fourth-order valence-corrected chi connectivity index (χ4v) is 4.34. The van der Waals surface area contributed by atoms with E-state index < -0.39 is 0 Å². The molecule has 0 saturated carbocycles. The SMILES string of the molecule is CC[C@@H]1C(=O)C2=C(CC(C)(C)CC2=O)N2CCCC[C@@H]12. The second-order valence-electron chi connectivity index (χ2n) is 7.40. The van der Waals surface area contributed by atoms with Crippen molar-refractivity contribution in [2.75, 3.05) is 6.54 Å². The lowest BCUT2D eigenvalue weighted by Gasteiger charge is -2.49. The molecule has 0 amide bonds. The highest BCUT2D eigenvalue weighted by Crippen LogP contribution is 2.45. The van der Waals surface area contributed by atoms with E-state index in [0.29, 0.717) is 18.0 Å².